The van der Waals surface area contributed by atoms with Crippen LogP contribution in [-0.2, 0) is 0 Å². The van der Waals surface area contributed by atoms with Gasteiger partial charge in [-0.25, -0.2) is 9.97 Å². The summed E-state index contributed by atoms with van der Waals surface area (Å²) in [6.07, 6.45) is 1.47. The van der Waals surface area contributed by atoms with Crippen molar-refractivity contribution in [3.63, 3.8) is 0 Å². The van der Waals surface area contributed by atoms with Crippen LogP contribution in [0.4, 0.5) is 0 Å². The van der Waals surface area contributed by atoms with Crippen molar-refractivity contribution in [3.05, 3.63) is 47.0 Å². The topological polar surface area (TPSA) is 90.4 Å². The maximum atomic E-state index is 12.1. The third-order valence-corrected chi connectivity index (χ3v) is 2.79. The van der Waals surface area contributed by atoms with Crippen molar-refractivity contribution >= 4 is 5.78 Å². The molecule has 0 N–H and O–H groups in total. The molecule has 0 bridgehead atoms. The van der Waals surface area contributed by atoms with E-state index in [0.29, 0.717) is 22.3 Å². The Morgan fingerprint density at radius 1 is 1.06 bits per heavy atom. The maximum Gasteiger partial charge on any atom is 0.232 e. The number of nitrogens with zero attached hydrogens (tertiary/aromatic N) is 4. The van der Waals surface area contributed by atoms with Crippen LogP contribution in [0, 0.1) is 22.7 Å². The van der Waals surface area contributed by atoms with Crippen molar-refractivity contribution in [2.75, 3.05) is 0 Å². The van der Waals surface area contributed by atoms with Gasteiger partial charge in [0, 0.05) is 17.3 Å². The van der Waals surface area contributed by atoms with Gasteiger partial charge in [-0.05, 0) is 17.7 Å². The quantitative estimate of drug-likeness (QED) is 0.584. The predicted octanol–water partition coefficient (Wildman–Crippen LogP) is 1.43. The predicted molar refractivity (Wildman–Crippen MR) is 60.3 cm³/mol. The van der Waals surface area contributed by atoms with Gasteiger partial charge in [-0.2, -0.15) is 10.5 Å². The molecule has 1 aliphatic carbocycles. The summed E-state index contributed by atoms with van der Waals surface area (Å²) >= 11 is 0. The fourth-order valence-corrected chi connectivity index (χ4v) is 1.97. The molecule has 1 aliphatic rings. The summed E-state index contributed by atoms with van der Waals surface area (Å²) in [6.45, 7) is 0. The molecule has 1 aromatic heterocycles. The number of aromatic nitrogens is 2. The van der Waals surface area contributed by atoms with E-state index in [2.05, 4.69) is 9.97 Å². The van der Waals surface area contributed by atoms with Crippen molar-refractivity contribution in [2.45, 2.75) is 0 Å². The van der Waals surface area contributed by atoms with Crippen LogP contribution >= 0.6 is 0 Å². The first-order chi connectivity index (χ1) is 8.74. The van der Waals surface area contributed by atoms with E-state index < -0.39 is 0 Å². The molecular weight excluding hydrogens is 228 g/mol. The molecule has 18 heavy (non-hydrogen) atoms. The average Bonchev–Trinajstić information content (AvgIpc) is 2.71. The number of rotatable bonds is 0. The van der Waals surface area contributed by atoms with Crippen LogP contribution in [0.3, 0.4) is 0 Å². The van der Waals surface area contributed by atoms with Crippen LogP contribution in [0.2, 0.25) is 0 Å². The van der Waals surface area contributed by atoms with Gasteiger partial charge in [-0.15, -0.1) is 0 Å². The fraction of sp³-hybridized carbons (Fsp3) is 0. The first-order valence-corrected chi connectivity index (χ1v) is 5.11. The molecule has 0 saturated carbocycles. The second-order valence-electron chi connectivity index (χ2n) is 3.77. The van der Waals surface area contributed by atoms with Gasteiger partial charge in [0.1, 0.15) is 11.8 Å². The zero-order chi connectivity index (χ0) is 12.7. The SMILES string of the molecule is N#Cc1ccc2c(c1)C(=O)c1nc(C#N)ncc1-2. The van der Waals surface area contributed by atoms with Crippen molar-refractivity contribution in [1.82, 2.24) is 9.97 Å². The average molecular weight is 232 g/mol. The molecule has 1 heterocycles. The van der Waals surface area contributed by atoms with E-state index in [1.807, 2.05) is 6.07 Å². The highest BCUT2D eigenvalue weighted by Crippen LogP contribution is 2.35. The van der Waals surface area contributed by atoms with Crippen LogP contribution in [-0.4, -0.2) is 15.8 Å². The molecule has 1 aromatic carbocycles. The lowest BCUT2D eigenvalue weighted by Gasteiger charge is -1.98. The molecule has 0 amide bonds. The Bertz CT molecular complexity index is 715. The summed E-state index contributed by atoms with van der Waals surface area (Å²) in [4.78, 5) is 19.9. The van der Waals surface area contributed by atoms with Gasteiger partial charge in [-0.3, -0.25) is 4.79 Å². The summed E-state index contributed by atoms with van der Waals surface area (Å²) in [6, 6.07) is 8.66. The Hall–Kier alpha value is -3.05. The Kier molecular flexibility index (Phi) is 1.95. The Morgan fingerprint density at radius 2 is 1.89 bits per heavy atom. The van der Waals surface area contributed by atoms with E-state index in [-0.39, 0.29) is 17.3 Å². The van der Waals surface area contributed by atoms with Gasteiger partial charge in [-0.1, -0.05) is 6.07 Å². The van der Waals surface area contributed by atoms with E-state index >= 15 is 0 Å². The minimum atomic E-state index is -0.268. The van der Waals surface area contributed by atoms with Gasteiger partial charge in [0.25, 0.3) is 0 Å². The van der Waals surface area contributed by atoms with Crippen LogP contribution in [0.1, 0.15) is 27.4 Å². The number of hydrogen-bond donors (Lipinski definition) is 0. The van der Waals surface area contributed by atoms with Crippen LogP contribution < -0.4 is 0 Å². The van der Waals surface area contributed by atoms with Gasteiger partial charge < -0.3 is 0 Å². The van der Waals surface area contributed by atoms with Crippen LogP contribution in [0.25, 0.3) is 11.1 Å². The number of nitriles is 2. The Labute approximate surface area is 102 Å². The van der Waals surface area contributed by atoms with Crippen molar-refractivity contribution in [3.8, 4) is 23.3 Å². The van der Waals surface area contributed by atoms with Gasteiger partial charge >= 0.3 is 0 Å². The molecule has 2 aromatic rings. The highest BCUT2D eigenvalue weighted by molar-refractivity contribution is 6.20. The van der Waals surface area contributed by atoms with Gasteiger partial charge in [0.2, 0.25) is 11.6 Å². The smallest absolute Gasteiger partial charge is 0.232 e. The number of carbonyl (C=O) groups excluding carboxylic acids is 1. The second kappa shape index (κ2) is 3.47. The summed E-state index contributed by atoms with van der Waals surface area (Å²) in [5, 5.41) is 17.5. The molecule has 0 unspecified atom stereocenters. The first-order valence-electron chi connectivity index (χ1n) is 5.11. The van der Waals surface area contributed by atoms with Crippen molar-refractivity contribution in [1.29, 1.82) is 10.5 Å². The number of ketones is 1. The van der Waals surface area contributed by atoms with E-state index in [9.17, 15) is 4.79 Å². The Morgan fingerprint density at radius 3 is 2.61 bits per heavy atom. The molecule has 0 spiro atoms. The molecule has 0 fully saturated rings. The van der Waals surface area contributed by atoms with E-state index in [1.165, 1.54) is 12.3 Å². The van der Waals surface area contributed by atoms with Crippen molar-refractivity contribution in [2.24, 2.45) is 0 Å². The number of benzene rings is 1. The zero-order valence-electron chi connectivity index (χ0n) is 9.01. The molecule has 0 atom stereocenters. The normalized spacial score (nSPS) is 11.3. The molecular formula is C13H4N4O. The van der Waals surface area contributed by atoms with E-state index in [4.69, 9.17) is 10.5 Å². The summed E-state index contributed by atoms with van der Waals surface area (Å²) < 4.78 is 0. The van der Waals surface area contributed by atoms with Crippen molar-refractivity contribution < 1.29 is 4.79 Å². The van der Waals surface area contributed by atoms with Crippen LogP contribution in [0.5, 0.6) is 0 Å². The summed E-state index contributed by atoms with van der Waals surface area (Å²) in [7, 11) is 0. The minimum absolute atomic E-state index is 0.0320. The molecule has 0 saturated heterocycles. The molecule has 5 nitrogen and oxygen atoms in total. The summed E-state index contributed by atoms with van der Waals surface area (Å²) in [5.41, 5.74) is 2.40. The third kappa shape index (κ3) is 1.22. The largest absolute Gasteiger partial charge is 0.287 e. The second-order valence-corrected chi connectivity index (χ2v) is 3.77. The molecule has 0 aliphatic heterocycles. The fourth-order valence-electron chi connectivity index (χ4n) is 1.97. The number of carbonyl (C=O) groups is 1. The first kappa shape index (κ1) is 10.1. The lowest BCUT2D eigenvalue weighted by molar-refractivity contribution is 0.103. The van der Waals surface area contributed by atoms with E-state index in [0.717, 1.165) is 0 Å². The van der Waals surface area contributed by atoms with Gasteiger partial charge in [0.05, 0.1) is 11.6 Å². The van der Waals surface area contributed by atoms with E-state index in [1.54, 1.807) is 18.2 Å². The van der Waals surface area contributed by atoms with Crippen LogP contribution in [0.15, 0.2) is 24.4 Å². The number of fused-ring (bicyclic) bond motifs is 3. The third-order valence-electron chi connectivity index (χ3n) is 2.79. The van der Waals surface area contributed by atoms with Gasteiger partial charge in [0.15, 0.2) is 0 Å². The number of hydrogen-bond acceptors (Lipinski definition) is 5. The standard InChI is InChI=1S/C13H4N4O/c14-4-7-1-2-8-9(3-7)13(18)12-10(8)6-16-11(5-15)17-12/h1-3,6H. The lowest BCUT2D eigenvalue weighted by atomic mass is 10.0. The monoisotopic (exact) mass is 232 g/mol. The highest BCUT2D eigenvalue weighted by Gasteiger charge is 2.29. The zero-order valence-corrected chi connectivity index (χ0v) is 9.01. The Balaban J connectivity index is 2.29. The molecule has 82 valence electrons. The summed E-state index contributed by atoms with van der Waals surface area (Å²) in [5.74, 6) is -0.300. The highest BCUT2D eigenvalue weighted by atomic mass is 16.1. The minimum Gasteiger partial charge on any atom is -0.287 e. The molecule has 5 heteroatoms. The molecule has 0 radical (unpaired) electrons. The molecule has 3 rings (SSSR count). The maximum absolute atomic E-state index is 12.1. The lowest BCUT2D eigenvalue weighted by Crippen LogP contribution is -2.01.